The molecule has 2 amide bonds. The summed E-state index contributed by atoms with van der Waals surface area (Å²) in [4.78, 5) is 42.4. The van der Waals surface area contributed by atoms with Crippen molar-refractivity contribution in [3.8, 4) is 0 Å². The lowest BCUT2D eigenvalue weighted by Crippen LogP contribution is -2.33. The Morgan fingerprint density at radius 2 is 1.96 bits per heavy atom. The van der Waals surface area contributed by atoms with Gasteiger partial charge in [0.05, 0.1) is 35.7 Å². The standard InChI is InChI=1S/C20H19N3O5/c1-2-27-20(26)23-10-21-8-15(23)16-7-13-14(17(13)28-16)9-22-18(24)11-5-3-4-6-12(11)19(22)25/h3-6,8,10,13-14,16-17H,2,7,9H2,1H3/t13-,14-,16+,17-/m0/s1. The predicted molar refractivity (Wildman–Crippen MR) is 95.7 cm³/mol. The summed E-state index contributed by atoms with van der Waals surface area (Å²) in [6.07, 6.45) is 3.05. The van der Waals surface area contributed by atoms with Crippen LogP contribution in [0, 0.1) is 11.8 Å². The number of imidazole rings is 1. The maximum Gasteiger partial charge on any atom is 0.419 e. The Hall–Kier alpha value is -3.00. The van der Waals surface area contributed by atoms with Gasteiger partial charge in [0.15, 0.2) is 0 Å². The van der Waals surface area contributed by atoms with Crippen molar-refractivity contribution in [2.24, 2.45) is 11.8 Å². The number of fused-ring (bicyclic) bond motifs is 2. The summed E-state index contributed by atoms with van der Waals surface area (Å²) in [7, 11) is 0. The van der Waals surface area contributed by atoms with Crippen molar-refractivity contribution in [1.29, 1.82) is 0 Å². The highest BCUT2D eigenvalue weighted by atomic mass is 16.6. The Morgan fingerprint density at radius 1 is 1.25 bits per heavy atom. The fourth-order valence-corrected chi connectivity index (χ4v) is 4.35. The Morgan fingerprint density at radius 3 is 2.57 bits per heavy atom. The first kappa shape index (κ1) is 17.1. The number of rotatable bonds is 4. The van der Waals surface area contributed by atoms with Crippen LogP contribution in [-0.4, -0.2) is 51.6 Å². The van der Waals surface area contributed by atoms with Crippen LogP contribution in [0.2, 0.25) is 0 Å². The van der Waals surface area contributed by atoms with Gasteiger partial charge in [0.25, 0.3) is 11.8 Å². The Bertz CT molecular complexity index is 937. The van der Waals surface area contributed by atoms with Gasteiger partial charge in [0.2, 0.25) is 0 Å². The van der Waals surface area contributed by atoms with E-state index in [9.17, 15) is 14.4 Å². The van der Waals surface area contributed by atoms with Gasteiger partial charge in [0.1, 0.15) is 12.4 Å². The van der Waals surface area contributed by atoms with Crippen molar-refractivity contribution in [1.82, 2.24) is 14.5 Å². The molecule has 0 spiro atoms. The molecule has 144 valence electrons. The second-order valence-corrected chi connectivity index (χ2v) is 7.31. The van der Waals surface area contributed by atoms with Gasteiger partial charge in [0, 0.05) is 12.5 Å². The van der Waals surface area contributed by atoms with Gasteiger partial charge in [-0.2, -0.15) is 0 Å². The zero-order chi connectivity index (χ0) is 19.4. The highest BCUT2D eigenvalue weighted by Gasteiger charge is 2.59. The van der Waals surface area contributed by atoms with Crippen LogP contribution in [0.3, 0.4) is 0 Å². The zero-order valence-electron chi connectivity index (χ0n) is 15.3. The Balaban J connectivity index is 1.24. The lowest BCUT2D eigenvalue weighted by molar-refractivity contribution is 0.0435. The van der Waals surface area contributed by atoms with Crippen LogP contribution in [0.5, 0.6) is 0 Å². The molecule has 1 saturated heterocycles. The first-order chi connectivity index (χ1) is 13.6. The van der Waals surface area contributed by atoms with Crippen molar-refractivity contribution >= 4 is 17.9 Å². The normalized spacial score (nSPS) is 27.7. The molecule has 3 heterocycles. The lowest BCUT2D eigenvalue weighted by atomic mass is 10.1. The topological polar surface area (TPSA) is 90.7 Å². The lowest BCUT2D eigenvalue weighted by Gasteiger charge is -2.19. The minimum atomic E-state index is -0.471. The van der Waals surface area contributed by atoms with Crippen molar-refractivity contribution in [2.75, 3.05) is 13.2 Å². The quantitative estimate of drug-likeness (QED) is 0.755. The minimum Gasteiger partial charge on any atom is -0.449 e. The highest BCUT2D eigenvalue weighted by molar-refractivity contribution is 6.21. The molecule has 4 atom stereocenters. The maximum absolute atomic E-state index is 12.5. The third-order valence-electron chi connectivity index (χ3n) is 5.79. The van der Waals surface area contributed by atoms with Crippen LogP contribution >= 0.6 is 0 Å². The summed E-state index contributed by atoms with van der Waals surface area (Å²) in [5.41, 5.74) is 1.61. The van der Waals surface area contributed by atoms with E-state index in [1.807, 2.05) is 0 Å². The van der Waals surface area contributed by atoms with E-state index in [1.54, 1.807) is 37.4 Å². The first-order valence-electron chi connectivity index (χ1n) is 9.40. The van der Waals surface area contributed by atoms with E-state index in [0.29, 0.717) is 23.4 Å². The SMILES string of the molecule is CCOC(=O)n1cncc1[C@H]1C[C@H]2[C@H](CN3C(=O)c4ccccc4C3=O)[C@H]2O1. The fraction of sp³-hybridized carbons (Fsp3) is 0.400. The molecule has 1 aromatic carbocycles. The molecule has 8 nitrogen and oxygen atoms in total. The maximum atomic E-state index is 12.5. The van der Waals surface area contributed by atoms with Crippen LogP contribution in [0.4, 0.5) is 4.79 Å². The predicted octanol–water partition coefficient (Wildman–Crippen LogP) is 2.26. The summed E-state index contributed by atoms with van der Waals surface area (Å²) in [6.45, 7) is 2.40. The second kappa shape index (κ2) is 6.27. The number of carbonyl (C=O) groups is 3. The average Bonchev–Trinajstić information content (AvgIpc) is 3.11. The molecule has 0 N–H and O–H groups in total. The van der Waals surface area contributed by atoms with Crippen LogP contribution < -0.4 is 0 Å². The molecule has 1 aromatic heterocycles. The number of benzene rings is 1. The van der Waals surface area contributed by atoms with Gasteiger partial charge in [-0.3, -0.25) is 14.5 Å². The van der Waals surface area contributed by atoms with Gasteiger partial charge in [-0.05, 0) is 31.4 Å². The smallest absolute Gasteiger partial charge is 0.419 e. The van der Waals surface area contributed by atoms with Gasteiger partial charge < -0.3 is 9.47 Å². The van der Waals surface area contributed by atoms with Crippen LogP contribution in [0.25, 0.3) is 0 Å². The van der Waals surface area contributed by atoms with Gasteiger partial charge >= 0.3 is 6.09 Å². The molecule has 5 rings (SSSR count). The number of hydrogen-bond donors (Lipinski definition) is 0. The summed E-state index contributed by atoms with van der Waals surface area (Å²) in [6, 6.07) is 6.90. The largest absolute Gasteiger partial charge is 0.449 e. The molecule has 1 saturated carbocycles. The van der Waals surface area contributed by atoms with Crippen molar-refractivity contribution in [3.05, 3.63) is 53.6 Å². The number of ether oxygens (including phenoxy) is 2. The molecule has 0 unspecified atom stereocenters. The summed E-state index contributed by atoms with van der Waals surface area (Å²) in [5.74, 6) is -0.0673. The molecular weight excluding hydrogens is 362 g/mol. The number of nitrogens with zero attached hydrogens (tertiary/aromatic N) is 3. The number of hydrogen-bond acceptors (Lipinski definition) is 6. The summed E-state index contributed by atoms with van der Waals surface area (Å²) < 4.78 is 12.5. The summed E-state index contributed by atoms with van der Waals surface area (Å²) in [5, 5.41) is 0. The van der Waals surface area contributed by atoms with Crippen LogP contribution in [-0.2, 0) is 9.47 Å². The third kappa shape index (κ3) is 2.48. The van der Waals surface area contributed by atoms with E-state index < -0.39 is 6.09 Å². The van der Waals surface area contributed by atoms with Crippen molar-refractivity contribution in [3.63, 3.8) is 0 Å². The van der Waals surface area contributed by atoms with Crippen molar-refractivity contribution in [2.45, 2.75) is 25.6 Å². The minimum absolute atomic E-state index is 0.0140. The molecule has 28 heavy (non-hydrogen) atoms. The van der Waals surface area contributed by atoms with E-state index in [-0.39, 0.29) is 42.5 Å². The first-order valence-corrected chi connectivity index (χ1v) is 9.40. The fourth-order valence-electron chi connectivity index (χ4n) is 4.35. The monoisotopic (exact) mass is 381 g/mol. The number of carbonyl (C=O) groups excluding carboxylic acids is 3. The molecule has 2 fully saturated rings. The summed E-state index contributed by atoms with van der Waals surface area (Å²) >= 11 is 0. The number of aromatic nitrogens is 2. The number of amides is 2. The average molecular weight is 381 g/mol. The van der Waals surface area contributed by atoms with Crippen LogP contribution in [0.15, 0.2) is 36.8 Å². The second-order valence-electron chi connectivity index (χ2n) is 7.31. The molecule has 2 aromatic rings. The van der Waals surface area contributed by atoms with E-state index in [4.69, 9.17) is 9.47 Å². The number of imide groups is 1. The molecule has 2 aliphatic heterocycles. The zero-order valence-corrected chi connectivity index (χ0v) is 15.3. The van der Waals surface area contributed by atoms with Gasteiger partial charge in [-0.1, -0.05) is 12.1 Å². The van der Waals surface area contributed by atoms with Crippen molar-refractivity contribution < 1.29 is 23.9 Å². The molecule has 1 aliphatic carbocycles. The highest BCUT2D eigenvalue weighted by Crippen LogP contribution is 2.56. The molecule has 0 radical (unpaired) electrons. The molecule has 0 bridgehead atoms. The molecule has 8 heteroatoms. The molecule has 3 aliphatic rings. The van der Waals surface area contributed by atoms with Crippen LogP contribution in [0.1, 0.15) is 45.9 Å². The Labute approximate surface area is 161 Å². The van der Waals surface area contributed by atoms with E-state index >= 15 is 0 Å². The van der Waals surface area contributed by atoms with Gasteiger partial charge in [-0.15, -0.1) is 0 Å². The van der Waals surface area contributed by atoms with E-state index in [1.165, 1.54) is 15.8 Å². The van der Waals surface area contributed by atoms with E-state index in [0.717, 1.165) is 6.42 Å². The van der Waals surface area contributed by atoms with Gasteiger partial charge in [-0.25, -0.2) is 14.3 Å². The molecular formula is C20H19N3O5. The van der Waals surface area contributed by atoms with E-state index in [2.05, 4.69) is 4.98 Å². The Kier molecular flexibility index (Phi) is 3.83. The third-order valence-corrected chi connectivity index (χ3v) is 5.79.